The lowest BCUT2D eigenvalue weighted by Gasteiger charge is -2.26. The van der Waals surface area contributed by atoms with E-state index in [0.29, 0.717) is 18.7 Å². The number of halogens is 1. The van der Waals surface area contributed by atoms with Crippen molar-refractivity contribution in [2.75, 3.05) is 14.2 Å². The van der Waals surface area contributed by atoms with Gasteiger partial charge in [0.25, 0.3) is 5.91 Å². The maximum absolute atomic E-state index is 12.6. The summed E-state index contributed by atoms with van der Waals surface area (Å²) in [5.41, 5.74) is 2.13. The van der Waals surface area contributed by atoms with E-state index in [9.17, 15) is 4.79 Å². The standard InChI is InChI=1S/C20H20ClNO3/c1-24-16-10-8-15(9-11-16)13-22-17(12-14-6-4-3-5-7-14)19(25-2)18(21)20(22)23/h3-11,17H,12-13H2,1-2H3. The molecule has 0 radical (unpaired) electrons. The third kappa shape index (κ3) is 3.64. The summed E-state index contributed by atoms with van der Waals surface area (Å²) in [7, 11) is 3.18. The van der Waals surface area contributed by atoms with Crippen LogP contribution in [-0.2, 0) is 22.5 Å². The molecule has 0 fully saturated rings. The van der Waals surface area contributed by atoms with E-state index in [1.165, 1.54) is 0 Å². The smallest absolute Gasteiger partial charge is 0.269 e. The van der Waals surface area contributed by atoms with Gasteiger partial charge in [-0.2, -0.15) is 0 Å². The zero-order valence-corrected chi connectivity index (χ0v) is 15.0. The van der Waals surface area contributed by atoms with Crippen LogP contribution in [0.4, 0.5) is 0 Å². The molecule has 25 heavy (non-hydrogen) atoms. The lowest BCUT2D eigenvalue weighted by Crippen LogP contribution is -2.36. The van der Waals surface area contributed by atoms with Crippen molar-refractivity contribution < 1.29 is 14.3 Å². The van der Waals surface area contributed by atoms with Crippen molar-refractivity contribution in [3.05, 3.63) is 76.5 Å². The average molecular weight is 358 g/mol. The van der Waals surface area contributed by atoms with Crippen molar-refractivity contribution in [1.29, 1.82) is 0 Å². The minimum atomic E-state index is -0.213. The molecular weight excluding hydrogens is 338 g/mol. The van der Waals surface area contributed by atoms with Gasteiger partial charge in [-0.25, -0.2) is 0 Å². The quantitative estimate of drug-likeness (QED) is 0.790. The highest BCUT2D eigenvalue weighted by Crippen LogP contribution is 2.32. The average Bonchev–Trinajstić information content (AvgIpc) is 2.87. The number of carbonyl (C=O) groups excluding carboxylic acids is 1. The Kier molecular flexibility index (Phi) is 5.29. The van der Waals surface area contributed by atoms with Gasteiger partial charge in [-0.3, -0.25) is 4.79 Å². The molecule has 0 aliphatic carbocycles. The molecule has 130 valence electrons. The number of rotatable bonds is 6. The van der Waals surface area contributed by atoms with Gasteiger partial charge in [0, 0.05) is 13.0 Å². The normalized spacial score (nSPS) is 17.2. The molecule has 0 spiro atoms. The molecule has 4 nitrogen and oxygen atoms in total. The van der Waals surface area contributed by atoms with E-state index >= 15 is 0 Å². The molecule has 0 saturated carbocycles. The SMILES string of the molecule is COC1=C(Cl)C(=O)N(Cc2ccc(OC)cc2)C1Cc1ccccc1. The van der Waals surface area contributed by atoms with Crippen LogP contribution in [0.3, 0.4) is 0 Å². The second kappa shape index (κ2) is 7.62. The molecular formula is C20H20ClNO3. The van der Waals surface area contributed by atoms with Gasteiger partial charge < -0.3 is 14.4 Å². The van der Waals surface area contributed by atoms with Crippen molar-refractivity contribution in [1.82, 2.24) is 4.90 Å². The Morgan fingerprint density at radius 1 is 0.960 bits per heavy atom. The number of benzene rings is 2. The van der Waals surface area contributed by atoms with Crippen LogP contribution in [0.15, 0.2) is 65.4 Å². The Labute approximate surface area is 152 Å². The van der Waals surface area contributed by atoms with Gasteiger partial charge >= 0.3 is 0 Å². The van der Waals surface area contributed by atoms with E-state index in [0.717, 1.165) is 16.9 Å². The Balaban J connectivity index is 1.85. The first kappa shape index (κ1) is 17.4. The third-order valence-electron chi connectivity index (χ3n) is 4.35. The predicted octanol–water partition coefficient (Wildman–Crippen LogP) is 3.75. The van der Waals surface area contributed by atoms with Crippen molar-refractivity contribution in [3.8, 4) is 5.75 Å². The van der Waals surface area contributed by atoms with Gasteiger partial charge in [0.05, 0.1) is 20.3 Å². The molecule has 1 atom stereocenters. The molecule has 0 bridgehead atoms. The molecule has 1 unspecified atom stereocenters. The third-order valence-corrected chi connectivity index (χ3v) is 4.70. The first-order valence-electron chi connectivity index (χ1n) is 8.05. The van der Waals surface area contributed by atoms with E-state index in [1.807, 2.05) is 54.6 Å². The van der Waals surface area contributed by atoms with Crippen LogP contribution in [0.5, 0.6) is 5.75 Å². The molecule has 2 aromatic rings. The molecule has 2 aromatic carbocycles. The van der Waals surface area contributed by atoms with Gasteiger partial charge in [-0.1, -0.05) is 54.1 Å². The molecule has 3 rings (SSSR count). The minimum absolute atomic E-state index is 0.164. The second-order valence-electron chi connectivity index (χ2n) is 5.87. The fraction of sp³-hybridized carbons (Fsp3) is 0.250. The molecule has 1 aliphatic rings. The number of hydrogen-bond donors (Lipinski definition) is 0. The summed E-state index contributed by atoms with van der Waals surface area (Å²) in [5.74, 6) is 1.12. The maximum Gasteiger partial charge on any atom is 0.269 e. The number of methoxy groups -OCH3 is 2. The summed E-state index contributed by atoms with van der Waals surface area (Å²) < 4.78 is 10.6. The Morgan fingerprint density at radius 3 is 2.24 bits per heavy atom. The van der Waals surface area contributed by atoms with Crippen LogP contribution >= 0.6 is 11.6 Å². The predicted molar refractivity (Wildman–Crippen MR) is 97.4 cm³/mol. The van der Waals surface area contributed by atoms with Crippen LogP contribution in [0.2, 0.25) is 0 Å². The summed E-state index contributed by atoms with van der Waals surface area (Å²) in [6.45, 7) is 0.462. The van der Waals surface area contributed by atoms with E-state index in [2.05, 4.69) is 0 Å². The number of amides is 1. The fourth-order valence-electron chi connectivity index (χ4n) is 3.04. The highest BCUT2D eigenvalue weighted by atomic mass is 35.5. The van der Waals surface area contributed by atoms with Gasteiger partial charge in [-0.15, -0.1) is 0 Å². The number of ether oxygens (including phenoxy) is 2. The monoisotopic (exact) mass is 357 g/mol. The van der Waals surface area contributed by atoms with Gasteiger partial charge in [0.2, 0.25) is 0 Å². The van der Waals surface area contributed by atoms with Crippen LogP contribution in [0, 0.1) is 0 Å². The van der Waals surface area contributed by atoms with Crippen molar-refractivity contribution in [3.63, 3.8) is 0 Å². The lowest BCUT2D eigenvalue weighted by molar-refractivity contribution is -0.127. The van der Waals surface area contributed by atoms with Crippen LogP contribution in [0.25, 0.3) is 0 Å². The first-order valence-corrected chi connectivity index (χ1v) is 8.43. The Morgan fingerprint density at radius 2 is 1.64 bits per heavy atom. The van der Waals surface area contributed by atoms with E-state index in [-0.39, 0.29) is 17.0 Å². The first-order chi connectivity index (χ1) is 12.1. The highest BCUT2D eigenvalue weighted by molar-refractivity contribution is 6.43. The van der Waals surface area contributed by atoms with Gasteiger partial charge in [0.1, 0.15) is 16.5 Å². The zero-order valence-electron chi connectivity index (χ0n) is 14.2. The van der Waals surface area contributed by atoms with Crippen LogP contribution in [0.1, 0.15) is 11.1 Å². The minimum Gasteiger partial charge on any atom is -0.497 e. The molecule has 1 aliphatic heterocycles. The van der Waals surface area contributed by atoms with E-state index < -0.39 is 0 Å². The number of carbonyl (C=O) groups is 1. The van der Waals surface area contributed by atoms with Crippen molar-refractivity contribution >= 4 is 17.5 Å². The zero-order chi connectivity index (χ0) is 17.8. The summed E-state index contributed by atoms with van der Waals surface area (Å²) in [6, 6.07) is 17.5. The number of hydrogen-bond acceptors (Lipinski definition) is 3. The molecule has 0 saturated heterocycles. The van der Waals surface area contributed by atoms with Gasteiger partial charge in [0.15, 0.2) is 0 Å². The molecule has 1 amide bonds. The van der Waals surface area contributed by atoms with Crippen LogP contribution < -0.4 is 4.74 Å². The molecule has 1 heterocycles. The molecule has 0 N–H and O–H groups in total. The number of nitrogens with zero attached hydrogens (tertiary/aromatic N) is 1. The van der Waals surface area contributed by atoms with Crippen LogP contribution in [-0.4, -0.2) is 31.1 Å². The Hall–Kier alpha value is -2.46. The maximum atomic E-state index is 12.6. The van der Waals surface area contributed by atoms with Crippen molar-refractivity contribution in [2.24, 2.45) is 0 Å². The lowest BCUT2D eigenvalue weighted by atomic mass is 10.0. The second-order valence-corrected chi connectivity index (χ2v) is 6.25. The largest absolute Gasteiger partial charge is 0.497 e. The van der Waals surface area contributed by atoms with Gasteiger partial charge in [-0.05, 0) is 23.3 Å². The van der Waals surface area contributed by atoms with E-state index in [1.54, 1.807) is 19.1 Å². The summed E-state index contributed by atoms with van der Waals surface area (Å²) >= 11 is 6.24. The van der Waals surface area contributed by atoms with E-state index in [4.69, 9.17) is 21.1 Å². The summed E-state index contributed by atoms with van der Waals surface area (Å²) in [5, 5.41) is 0.164. The molecule has 5 heteroatoms. The fourth-order valence-corrected chi connectivity index (χ4v) is 3.35. The summed E-state index contributed by atoms with van der Waals surface area (Å²) in [6.07, 6.45) is 0.655. The summed E-state index contributed by atoms with van der Waals surface area (Å²) in [4.78, 5) is 14.4. The topological polar surface area (TPSA) is 38.8 Å². The Bertz CT molecular complexity index is 771. The highest BCUT2D eigenvalue weighted by Gasteiger charge is 2.39. The molecule has 0 aromatic heterocycles. The van der Waals surface area contributed by atoms with Crippen molar-refractivity contribution in [2.45, 2.75) is 19.0 Å².